The summed E-state index contributed by atoms with van der Waals surface area (Å²) in [5, 5.41) is 11.8. The first-order valence-electron chi connectivity index (χ1n) is 5.29. The summed E-state index contributed by atoms with van der Waals surface area (Å²) in [5.41, 5.74) is 5.44. The highest BCUT2D eigenvalue weighted by atomic mass is 16.3. The van der Waals surface area contributed by atoms with Crippen LogP contribution in [0.5, 0.6) is 0 Å². The number of aliphatic hydroxyl groups excluding tert-OH is 1. The molecule has 1 unspecified atom stereocenters. The molecule has 0 heterocycles. The Hall–Kier alpha value is -0.610. The molecule has 0 aromatic rings. The van der Waals surface area contributed by atoms with Crippen LogP contribution in [0, 0.1) is 0 Å². The number of nitrogens with two attached hydrogens (primary N) is 1. The molecule has 0 radical (unpaired) electrons. The van der Waals surface area contributed by atoms with Gasteiger partial charge in [0.1, 0.15) is 0 Å². The monoisotopic (exact) mass is 200 g/mol. The van der Waals surface area contributed by atoms with Crippen molar-refractivity contribution in [2.24, 2.45) is 5.73 Å². The number of carbonyl (C=O) groups excluding carboxylic acids is 1. The molecule has 0 aromatic carbocycles. The molecular formula is C10H20N2O2. The lowest BCUT2D eigenvalue weighted by atomic mass is 10.1. The minimum atomic E-state index is -0.303. The second-order valence-electron chi connectivity index (χ2n) is 4.24. The van der Waals surface area contributed by atoms with E-state index in [9.17, 15) is 4.79 Å². The van der Waals surface area contributed by atoms with Gasteiger partial charge in [-0.1, -0.05) is 13.3 Å². The maximum atomic E-state index is 11.4. The summed E-state index contributed by atoms with van der Waals surface area (Å²) in [4.78, 5) is 11.4. The molecule has 0 saturated heterocycles. The molecule has 4 nitrogen and oxygen atoms in total. The molecule has 1 aliphatic rings. The molecule has 1 saturated carbocycles. The average Bonchev–Trinajstić information content (AvgIpc) is 2.85. The molecule has 1 amide bonds. The third kappa shape index (κ3) is 3.27. The van der Waals surface area contributed by atoms with E-state index in [1.54, 1.807) is 0 Å². The topological polar surface area (TPSA) is 75.4 Å². The highest BCUT2D eigenvalue weighted by Gasteiger charge is 2.43. The van der Waals surface area contributed by atoms with Crippen LogP contribution in [0.25, 0.3) is 0 Å². The van der Waals surface area contributed by atoms with Gasteiger partial charge < -0.3 is 16.2 Å². The van der Waals surface area contributed by atoms with E-state index < -0.39 is 0 Å². The summed E-state index contributed by atoms with van der Waals surface area (Å²) in [7, 11) is 0. The number of hydrogen-bond acceptors (Lipinski definition) is 3. The zero-order valence-corrected chi connectivity index (χ0v) is 8.75. The first-order chi connectivity index (χ1) is 6.62. The first kappa shape index (κ1) is 11.5. The number of nitrogens with one attached hydrogen (secondary N) is 1. The number of hydrogen-bond donors (Lipinski definition) is 3. The van der Waals surface area contributed by atoms with E-state index in [1.807, 2.05) is 6.92 Å². The maximum Gasteiger partial charge on any atom is 0.222 e. The van der Waals surface area contributed by atoms with E-state index >= 15 is 0 Å². The van der Waals surface area contributed by atoms with Gasteiger partial charge in [-0.3, -0.25) is 4.79 Å². The molecule has 0 spiro atoms. The van der Waals surface area contributed by atoms with Gasteiger partial charge in [-0.25, -0.2) is 0 Å². The van der Waals surface area contributed by atoms with Crippen LogP contribution in [0.15, 0.2) is 0 Å². The van der Waals surface area contributed by atoms with Crippen LogP contribution in [0.3, 0.4) is 0 Å². The molecule has 1 rings (SSSR count). The Morgan fingerprint density at radius 2 is 2.29 bits per heavy atom. The first-order valence-corrected chi connectivity index (χ1v) is 5.29. The van der Waals surface area contributed by atoms with Crippen molar-refractivity contribution in [1.29, 1.82) is 0 Å². The lowest BCUT2D eigenvalue weighted by molar-refractivity contribution is -0.122. The van der Waals surface area contributed by atoms with E-state index in [1.165, 1.54) is 0 Å². The average molecular weight is 200 g/mol. The number of rotatable bonds is 6. The normalized spacial score (nSPS) is 20.2. The Kier molecular flexibility index (Phi) is 3.89. The van der Waals surface area contributed by atoms with Gasteiger partial charge >= 0.3 is 0 Å². The Balaban J connectivity index is 2.22. The second-order valence-corrected chi connectivity index (χ2v) is 4.24. The molecule has 0 bridgehead atoms. The second kappa shape index (κ2) is 4.75. The molecule has 4 N–H and O–H groups in total. The highest BCUT2D eigenvalue weighted by Crippen LogP contribution is 2.34. The molecule has 14 heavy (non-hydrogen) atoms. The maximum absolute atomic E-state index is 11.4. The van der Waals surface area contributed by atoms with Crippen LogP contribution >= 0.6 is 0 Å². The largest absolute Gasteiger partial charge is 0.394 e. The zero-order chi connectivity index (χ0) is 10.6. The SMILES string of the molecule is CCCC(N)CC(=O)NC1(CO)CC1. The van der Waals surface area contributed by atoms with Crippen LogP contribution in [0.2, 0.25) is 0 Å². The van der Waals surface area contributed by atoms with E-state index in [2.05, 4.69) is 5.32 Å². The smallest absolute Gasteiger partial charge is 0.222 e. The summed E-state index contributed by atoms with van der Waals surface area (Å²) >= 11 is 0. The lowest BCUT2D eigenvalue weighted by Gasteiger charge is -2.16. The minimum absolute atomic E-state index is 0.0301. The highest BCUT2D eigenvalue weighted by molar-refractivity contribution is 5.77. The zero-order valence-electron chi connectivity index (χ0n) is 8.75. The molecule has 0 aromatic heterocycles. The number of amides is 1. The Morgan fingerprint density at radius 1 is 1.64 bits per heavy atom. The van der Waals surface area contributed by atoms with Crippen molar-refractivity contribution >= 4 is 5.91 Å². The molecule has 82 valence electrons. The molecule has 4 heteroatoms. The van der Waals surface area contributed by atoms with Crippen molar-refractivity contribution in [3.8, 4) is 0 Å². The van der Waals surface area contributed by atoms with Crippen molar-refractivity contribution < 1.29 is 9.90 Å². The fourth-order valence-corrected chi connectivity index (χ4v) is 1.53. The van der Waals surface area contributed by atoms with E-state index in [0.717, 1.165) is 25.7 Å². The van der Waals surface area contributed by atoms with Crippen LogP contribution in [0.4, 0.5) is 0 Å². The van der Waals surface area contributed by atoms with Gasteiger partial charge in [0.25, 0.3) is 0 Å². The summed E-state index contributed by atoms with van der Waals surface area (Å²) < 4.78 is 0. The molecule has 1 atom stereocenters. The summed E-state index contributed by atoms with van der Waals surface area (Å²) in [5.74, 6) is -0.0301. The Bertz CT molecular complexity index is 202. The summed E-state index contributed by atoms with van der Waals surface area (Å²) in [6.45, 7) is 2.09. The van der Waals surface area contributed by atoms with Gasteiger partial charge in [0.2, 0.25) is 5.91 Å². The fraction of sp³-hybridized carbons (Fsp3) is 0.900. The van der Waals surface area contributed by atoms with Gasteiger partial charge in [-0.15, -0.1) is 0 Å². The lowest BCUT2D eigenvalue weighted by Crippen LogP contribution is -2.42. The molecule has 1 fully saturated rings. The molecule has 0 aliphatic heterocycles. The van der Waals surface area contributed by atoms with E-state index in [-0.39, 0.29) is 24.1 Å². The number of aliphatic hydroxyl groups is 1. The van der Waals surface area contributed by atoms with E-state index in [4.69, 9.17) is 10.8 Å². The van der Waals surface area contributed by atoms with Crippen LogP contribution in [0.1, 0.15) is 39.0 Å². The fourth-order valence-electron chi connectivity index (χ4n) is 1.53. The predicted molar refractivity (Wildman–Crippen MR) is 54.7 cm³/mol. The van der Waals surface area contributed by atoms with Crippen LogP contribution in [-0.2, 0) is 4.79 Å². The molecule has 1 aliphatic carbocycles. The minimum Gasteiger partial charge on any atom is -0.394 e. The van der Waals surface area contributed by atoms with Gasteiger partial charge in [0, 0.05) is 12.5 Å². The Labute approximate surface area is 84.9 Å². The predicted octanol–water partition coefficient (Wildman–Crippen LogP) is 0.145. The van der Waals surface area contributed by atoms with Crippen molar-refractivity contribution in [2.75, 3.05) is 6.61 Å². The van der Waals surface area contributed by atoms with Crippen molar-refractivity contribution in [2.45, 2.75) is 50.6 Å². The molecular weight excluding hydrogens is 180 g/mol. The standard InChI is InChI=1S/C10H20N2O2/c1-2-3-8(11)6-9(14)12-10(7-13)4-5-10/h8,13H,2-7,11H2,1H3,(H,12,14). The van der Waals surface area contributed by atoms with Crippen molar-refractivity contribution in [1.82, 2.24) is 5.32 Å². The van der Waals surface area contributed by atoms with E-state index in [0.29, 0.717) is 6.42 Å². The summed E-state index contributed by atoms with van der Waals surface area (Å²) in [6, 6.07) is -0.0468. The van der Waals surface area contributed by atoms with Gasteiger partial charge in [-0.2, -0.15) is 0 Å². The van der Waals surface area contributed by atoms with Gasteiger partial charge in [-0.05, 0) is 19.3 Å². The van der Waals surface area contributed by atoms with Gasteiger partial charge in [0.05, 0.1) is 12.1 Å². The quantitative estimate of drug-likeness (QED) is 0.571. The van der Waals surface area contributed by atoms with Crippen LogP contribution in [-0.4, -0.2) is 29.2 Å². The van der Waals surface area contributed by atoms with Gasteiger partial charge in [0.15, 0.2) is 0 Å². The van der Waals surface area contributed by atoms with Crippen molar-refractivity contribution in [3.63, 3.8) is 0 Å². The third-order valence-corrected chi connectivity index (χ3v) is 2.67. The number of carbonyl (C=O) groups is 1. The summed E-state index contributed by atoms with van der Waals surface area (Å²) in [6.07, 6.45) is 4.02. The van der Waals surface area contributed by atoms with Crippen molar-refractivity contribution in [3.05, 3.63) is 0 Å². The Morgan fingerprint density at radius 3 is 2.71 bits per heavy atom. The van der Waals surface area contributed by atoms with Crippen LogP contribution < -0.4 is 11.1 Å². The third-order valence-electron chi connectivity index (χ3n) is 2.67.